The zero-order valence-electron chi connectivity index (χ0n) is 12.8. The molecule has 0 radical (unpaired) electrons. The molecule has 2 aromatic carbocycles. The van der Waals surface area contributed by atoms with E-state index in [1.807, 2.05) is 50.2 Å². The molecule has 0 heterocycles. The average molecular weight is 300 g/mol. The number of benzene rings is 2. The van der Waals surface area contributed by atoms with E-state index in [0.717, 1.165) is 28.7 Å². The lowest BCUT2D eigenvalue weighted by molar-refractivity contribution is 0.123. The van der Waals surface area contributed by atoms with E-state index in [1.165, 1.54) is 0 Å². The molecular formula is C18H20O4. The predicted molar refractivity (Wildman–Crippen MR) is 84.4 cm³/mol. The monoisotopic (exact) mass is 300 g/mol. The Labute approximate surface area is 130 Å². The first-order valence-electron chi connectivity index (χ1n) is 7.19. The van der Waals surface area contributed by atoms with Crippen LogP contribution < -0.4 is 4.74 Å². The molecule has 116 valence electrons. The highest BCUT2D eigenvalue weighted by Gasteiger charge is 2.11. The Kier molecular flexibility index (Phi) is 5.55. The average Bonchev–Trinajstić information content (AvgIpc) is 2.50. The van der Waals surface area contributed by atoms with Gasteiger partial charge in [0.25, 0.3) is 0 Å². The molecule has 0 atom stereocenters. The van der Waals surface area contributed by atoms with E-state index in [0.29, 0.717) is 19.0 Å². The number of hydrogen-bond donors (Lipinski definition) is 1. The van der Waals surface area contributed by atoms with Crippen LogP contribution in [0.15, 0.2) is 42.5 Å². The highest BCUT2D eigenvalue weighted by molar-refractivity contribution is 5.62. The van der Waals surface area contributed by atoms with Crippen molar-refractivity contribution in [1.29, 1.82) is 0 Å². The van der Waals surface area contributed by atoms with Crippen molar-refractivity contribution in [2.45, 2.75) is 26.9 Å². The maximum atomic E-state index is 10.7. The summed E-state index contributed by atoms with van der Waals surface area (Å²) in [6.07, 6.45) is -0.570. The standard InChI is InChI=1S/C18H20O4/c1-13-8-9-17(22-18(19)20)14(2)16(13)10-11-21-12-15-6-4-3-5-7-15/h3-9H,10-12H2,1-2H3,(H,19,20). The van der Waals surface area contributed by atoms with Crippen LogP contribution in [0, 0.1) is 13.8 Å². The summed E-state index contributed by atoms with van der Waals surface area (Å²) in [5.41, 5.74) is 4.18. The topological polar surface area (TPSA) is 55.8 Å². The quantitative estimate of drug-likeness (QED) is 0.495. The number of aryl methyl sites for hydroxylation is 1. The van der Waals surface area contributed by atoms with E-state index in [2.05, 4.69) is 0 Å². The van der Waals surface area contributed by atoms with Crippen molar-refractivity contribution < 1.29 is 19.4 Å². The van der Waals surface area contributed by atoms with Crippen LogP contribution in [0.25, 0.3) is 0 Å². The van der Waals surface area contributed by atoms with Crippen LogP contribution in [0.3, 0.4) is 0 Å². The lowest BCUT2D eigenvalue weighted by Gasteiger charge is -2.13. The molecular weight excluding hydrogens is 280 g/mol. The summed E-state index contributed by atoms with van der Waals surface area (Å²) in [7, 11) is 0. The first-order valence-corrected chi connectivity index (χ1v) is 7.19. The molecule has 0 aliphatic rings. The Hall–Kier alpha value is -2.33. The third kappa shape index (κ3) is 4.33. The molecule has 0 aliphatic heterocycles. The third-order valence-corrected chi connectivity index (χ3v) is 3.59. The van der Waals surface area contributed by atoms with Crippen molar-refractivity contribution in [2.75, 3.05) is 6.61 Å². The van der Waals surface area contributed by atoms with Crippen LogP contribution in [0.1, 0.15) is 22.3 Å². The van der Waals surface area contributed by atoms with Crippen LogP contribution in [-0.4, -0.2) is 17.9 Å². The molecule has 2 aromatic rings. The lowest BCUT2D eigenvalue weighted by Crippen LogP contribution is -2.08. The molecule has 0 saturated heterocycles. The van der Waals surface area contributed by atoms with Gasteiger partial charge in [0.05, 0.1) is 13.2 Å². The number of ether oxygens (including phenoxy) is 2. The second-order valence-corrected chi connectivity index (χ2v) is 5.14. The molecule has 0 aliphatic carbocycles. The maximum absolute atomic E-state index is 10.7. The van der Waals surface area contributed by atoms with Crippen molar-refractivity contribution in [3.63, 3.8) is 0 Å². The molecule has 0 saturated carbocycles. The Morgan fingerprint density at radius 2 is 1.82 bits per heavy atom. The van der Waals surface area contributed by atoms with Gasteiger partial charge in [0.1, 0.15) is 5.75 Å². The van der Waals surface area contributed by atoms with E-state index in [1.54, 1.807) is 6.07 Å². The minimum absolute atomic E-state index is 0.385. The fourth-order valence-corrected chi connectivity index (χ4v) is 2.40. The molecule has 0 bridgehead atoms. The normalized spacial score (nSPS) is 10.5. The van der Waals surface area contributed by atoms with Gasteiger partial charge in [-0.05, 0) is 48.6 Å². The van der Waals surface area contributed by atoms with Gasteiger partial charge in [0.15, 0.2) is 0 Å². The van der Waals surface area contributed by atoms with E-state index in [-0.39, 0.29) is 0 Å². The minimum Gasteiger partial charge on any atom is -0.449 e. The zero-order chi connectivity index (χ0) is 15.9. The van der Waals surface area contributed by atoms with Gasteiger partial charge in [-0.3, -0.25) is 0 Å². The summed E-state index contributed by atoms with van der Waals surface area (Å²) < 4.78 is 10.5. The van der Waals surface area contributed by atoms with Crippen LogP contribution in [0.4, 0.5) is 4.79 Å². The largest absolute Gasteiger partial charge is 0.511 e. The summed E-state index contributed by atoms with van der Waals surface area (Å²) in [4.78, 5) is 10.7. The Morgan fingerprint density at radius 3 is 2.50 bits per heavy atom. The summed E-state index contributed by atoms with van der Waals surface area (Å²) in [5.74, 6) is 0.385. The second kappa shape index (κ2) is 7.61. The second-order valence-electron chi connectivity index (χ2n) is 5.14. The Morgan fingerprint density at radius 1 is 1.09 bits per heavy atom. The van der Waals surface area contributed by atoms with Gasteiger partial charge in [-0.2, -0.15) is 0 Å². The van der Waals surface area contributed by atoms with Gasteiger partial charge in [0.2, 0.25) is 0 Å². The molecule has 0 fully saturated rings. The van der Waals surface area contributed by atoms with Crippen molar-refractivity contribution in [2.24, 2.45) is 0 Å². The highest BCUT2D eigenvalue weighted by Crippen LogP contribution is 2.25. The first-order chi connectivity index (χ1) is 10.6. The smallest absolute Gasteiger partial charge is 0.449 e. The van der Waals surface area contributed by atoms with Crippen molar-refractivity contribution in [3.8, 4) is 5.75 Å². The third-order valence-electron chi connectivity index (χ3n) is 3.59. The molecule has 4 nitrogen and oxygen atoms in total. The number of carboxylic acid groups (broad SMARTS) is 1. The van der Waals surface area contributed by atoms with Gasteiger partial charge in [-0.25, -0.2) is 4.79 Å². The summed E-state index contributed by atoms with van der Waals surface area (Å²) in [6.45, 7) is 5.03. The number of hydrogen-bond acceptors (Lipinski definition) is 3. The van der Waals surface area contributed by atoms with Crippen LogP contribution in [0.2, 0.25) is 0 Å². The number of carbonyl (C=O) groups is 1. The van der Waals surface area contributed by atoms with Gasteiger partial charge in [-0.15, -0.1) is 0 Å². The molecule has 0 unspecified atom stereocenters. The summed E-state index contributed by atoms with van der Waals surface area (Å²) >= 11 is 0. The van der Waals surface area contributed by atoms with Crippen LogP contribution >= 0.6 is 0 Å². The van der Waals surface area contributed by atoms with E-state index in [9.17, 15) is 4.79 Å². The van der Waals surface area contributed by atoms with Gasteiger partial charge in [-0.1, -0.05) is 36.4 Å². The van der Waals surface area contributed by atoms with Crippen LogP contribution in [-0.2, 0) is 17.8 Å². The van der Waals surface area contributed by atoms with Crippen molar-refractivity contribution in [1.82, 2.24) is 0 Å². The first kappa shape index (κ1) is 16.0. The molecule has 0 aromatic heterocycles. The molecule has 0 spiro atoms. The lowest BCUT2D eigenvalue weighted by atomic mass is 9.99. The highest BCUT2D eigenvalue weighted by atomic mass is 16.7. The minimum atomic E-state index is -1.29. The van der Waals surface area contributed by atoms with Crippen molar-refractivity contribution in [3.05, 3.63) is 64.7 Å². The summed E-state index contributed by atoms with van der Waals surface area (Å²) in [6, 6.07) is 13.6. The number of rotatable bonds is 6. The fourth-order valence-electron chi connectivity index (χ4n) is 2.40. The molecule has 4 heteroatoms. The fraction of sp³-hybridized carbons (Fsp3) is 0.278. The van der Waals surface area contributed by atoms with Crippen LogP contribution in [0.5, 0.6) is 5.75 Å². The summed E-state index contributed by atoms with van der Waals surface area (Å²) in [5, 5.41) is 8.74. The Bertz CT molecular complexity index is 635. The molecule has 2 rings (SSSR count). The maximum Gasteiger partial charge on any atom is 0.511 e. The predicted octanol–water partition coefficient (Wildman–Crippen LogP) is 4.12. The molecule has 22 heavy (non-hydrogen) atoms. The zero-order valence-corrected chi connectivity index (χ0v) is 12.8. The van der Waals surface area contributed by atoms with Crippen molar-refractivity contribution >= 4 is 6.16 Å². The van der Waals surface area contributed by atoms with Gasteiger partial charge < -0.3 is 14.6 Å². The molecule has 1 N–H and O–H groups in total. The SMILES string of the molecule is Cc1ccc(OC(=O)O)c(C)c1CCOCc1ccccc1. The van der Waals surface area contributed by atoms with Gasteiger partial charge in [0, 0.05) is 0 Å². The van der Waals surface area contributed by atoms with Gasteiger partial charge >= 0.3 is 6.16 Å². The Balaban J connectivity index is 1.95. The van der Waals surface area contributed by atoms with E-state index in [4.69, 9.17) is 14.6 Å². The van der Waals surface area contributed by atoms with E-state index >= 15 is 0 Å². The van der Waals surface area contributed by atoms with E-state index < -0.39 is 6.16 Å². The molecule has 0 amide bonds.